The Bertz CT molecular complexity index is 916. The van der Waals surface area contributed by atoms with Crippen molar-refractivity contribution in [2.45, 2.75) is 38.6 Å². The number of hydrogen-bond donors (Lipinski definition) is 2. The van der Waals surface area contributed by atoms with Gasteiger partial charge in [-0.2, -0.15) is 0 Å². The van der Waals surface area contributed by atoms with Crippen LogP contribution in [0.5, 0.6) is 5.75 Å². The van der Waals surface area contributed by atoms with Crippen LogP contribution in [-0.4, -0.2) is 36.3 Å². The van der Waals surface area contributed by atoms with Crippen molar-refractivity contribution in [3.63, 3.8) is 0 Å². The summed E-state index contributed by atoms with van der Waals surface area (Å²) in [7, 11) is 1.58. The summed E-state index contributed by atoms with van der Waals surface area (Å²) in [5.74, 6) is -0.565. The number of unbranched alkanes of at least 4 members (excludes halogenated alkanes) is 1. The zero-order valence-corrected chi connectivity index (χ0v) is 18.0. The average Bonchev–Trinajstić information content (AvgIpc) is 2.81. The van der Waals surface area contributed by atoms with Gasteiger partial charge in [-0.05, 0) is 31.0 Å². The number of ether oxygens (including phenoxy) is 1. The number of para-hydroxylation sites is 1. The quantitative estimate of drug-likeness (QED) is 0.670. The standard InChI is InChI=1S/C24H29N3O4/c1-3-4-16-27-21(28)15-14-19(22(27)18-12-8-9-13-20(18)31-2)24(30)26-25-23(29)17-10-6-5-7-11-17/h5-13,19,22H,3-4,14-16H2,1-2H3,(H,25,29)(H,26,30). The van der Waals surface area contributed by atoms with Gasteiger partial charge in [0.25, 0.3) is 5.91 Å². The van der Waals surface area contributed by atoms with Crippen molar-refractivity contribution in [2.75, 3.05) is 13.7 Å². The number of hydrazine groups is 1. The predicted octanol–water partition coefficient (Wildman–Crippen LogP) is 3.24. The minimum absolute atomic E-state index is 0.0294. The molecule has 1 fully saturated rings. The molecule has 1 aliphatic heterocycles. The molecular formula is C24H29N3O4. The van der Waals surface area contributed by atoms with Crippen molar-refractivity contribution < 1.29 is 19.1 Å². The van der Waals surface area contributed by atoms with Crippen molar-refractivity contribution in [3.8, 4) is 5.75 Å². The fourth-order valence-corrected chi connectivity index (χ4v) is 3.99. The Morgan fingerprint density at radius 3 is 2.48 bits per heavy atom. The van der Waals surface area contributed by atoms with E-state index in [1.165, 1.54) is 0 Å². The molecule has 1 heterocycles. The van der Waals surface area contributed by atoms with Crippen LogP contribution < -0.4 is 15.6 Å². The summed E-state index contributed by atoms with van der Waals surface area (Å²) in [5.41, 5.74) is 6.30. The maximum Gasteiger partial charge on any atom is 0.269 e. The van der Waals surface area contributed by atoms with Gasteiger partial charge in [0, 0.05) is 24.1 Å². The number of benzene rings is 2. The van der Waals surface area contributed by atoms with Crippen molar-refractivity contribution in [3.05, 3.63) is 65.7 Å². The topological polar surface area (TPSA) is 87.7 Å². The highest BCUT2D eigenvalue weighted by Crippen LogP contribution is 2.40. The highest BCUT2D eigenvalue weighted by atomic mass is 16.5. The third-order valence-corrected chi connectivity index (χ3v) is 5.59. The van der Waals surface area contributed by atoms with Gasteiger partial charge in [-0.1, -0.05) is 49.7 Å². The van der Waals surface area contributed by atoms with Gasteiger partial charge >= 0.3 is 0 Å². The molecule has 0 spiro atoms. The molecular weight excluding hydrogens is 394 g/mol. The molecule has 2 atom stereocenters. The second-order valence-electron chi connectivity index (χ2n) is 7.58. The largest absolute Gasteiger partial charge is 0.496 e. The molecule has 1 saturated heterocycles. The number of hydrogen-bond acceptors (Lipinski definition) is 4. The third-order valence-electron chi connectivity index (χ3n) is 5.59. The lowest BCUT2D eigenvalue weighted by Crippen LogP contribution is -2.51. The van der Waals surface area contributed by atoms with Crippen LogP contribution in [0.15, 0.2) is 54.6 Å². The summed E-state index contributed by atoms with van der Waals surface area (Å²) in [6.45, 7) is 2.63. The predicted molar refractivity (Wildman–Crippen MR) is 117 cm³/mol. The maximum atomic E-state index is 13.1. The first-order chi connectivity index (χ1) is 15.1. The molecule has 7 nitrogen and oxygen atoms in total. The Labute approximate surface area is 182 Å². The molecule has 2 aromatic carbocycles. The van der Waals surface area contributed by atoms with Crippen LogP contribution >= 0.6 is 0 Å². The van der Waals surface area contributed by atoms with E-state index in [2.05, 4.69) is 17.8 Å². The van der Waals surface area contributed by atoms with Crippen molar-refractivity contribution in [1.82, 2.24) is 15.8 Å². The van der Waals surface area contributed by atoms with E-state index in [0.29, 0.717) is 30.7 Å². The molecule has 0 aromatic heterocycles. The van der Waals surface area contributed by atoms with E-state index in [-0.39, 0.29) is 11.8 Å². The first-order valence-electron chi connectivity index (χ1n) is 10.6. The van der Waals surface area contributed by atoms with Gasteiger partial charge in [0.15, 0.2) is 0 Å². The Morgan fingerprint density at radius 1 is 1.06 bits per heavy atom. The molecule has 2 unspecified atom stereocenters. The number of amides is 3. The van der Waals surface area contributed by atoms with E-state index in [4.69, 9.17) is 4.74 Å². The summed E-state index contributed by atoms with van der Waals surface area (Å²) in [4.78, 5) is 40.0. The monoisotopic (exact) mass is 423 g/mol. The fourth-order valence-electron chi connectivity index (χ4n) is 3.99. The molecule has 3 amide bonds. The van der Waals surface area contributed by atoms with Gasteiger partial charge in [0.2, 0.25) is 11.8 Å². The minimum Gasteiger partial charge on any atom is -0.496 e. The number of carbonyl (C=O) groups is 3. The number of piperidine rings is 1. The third kappa shape index (κ3) is 5.23. The van der Waals surface area contributed by atoms with Crippen molar-refractivity contribution in [2.24, 2.45) is 5.92 Å². The zero-order valence-electron chi connectivity index (χ0n) is 18.0. The summed E-state index contributed by atoms with van der Waals surface area (Å²) in [6.07, 6.45) is 2.47. The lowest BCUT2D eigenvalue weighted by Gasteiger charge is -2.41. The number of rotatable bonds is 7. The second-order valence-corrected chi connectivity index (χ2v) is 7.58. The van der Waals surface area contributed by atoms with Gasteiger partial charge in [0.05, 0.1) is 19.1 Å². The van der Waals surface area contributed by atoms with E-state index < -0.39 is 17.9 Å². The van der Waals surface area contributed by atoms with E-state index in [1.54, 1.807) is 36.3 Å². The van der Waals surface area contributed by atoms with Crippen LogP contribution in [-0.2, 0) is 9.59 Å². The molecule has 2 N–H and O–H groups in total. The fraction of sp³-hybridized carbons (Fsp3) is 0.375. The van der Waals surface area contributed by atoms with Gasteiger partial charge in [-0.25, -0.2) is 0 Å². The first-order valence-corrected chi connectivity index (χ1v) is 10.6. The van der Waals surface area contributed by atoms with Crippen molar-refractivity contribution in [1.29, 1.82) is 0 Å². The lowest BCUT2D eigenvalue weighted by molar-refractivity contribution is -0.143. The van der Waals surface area contributed by atoms with Crippen LogP contribution in [0.3, 0.4) is 0 Å². The van der Waals surface area contributed by atoms with Gasteiger partial charge in [-0.3, -0.25) is 25.2 Å². The molecule has 1 aliphatic rings. The molecule has 164 valence electrons. The molecule has 7 heteroatoms. The van der Waals surface area contributed by atoms with E-state index in [0.717, 1.165) is 18.4 Å². The number of carbonyl (C=O) groups excluding carboxylic acids is 3. The highest BCUT2D eigenvalue weighted by Gasteiger charge is 2.41. The zero-order chi connectivity index (χ0) is 22.2. The maximum absolute atomic E-state index is 13.1. The van der Waals surface area contributed by atoms with Gasteiger partial charge in [-0.15, -0.1) is 0 Å². The molecule has 0 aliphatic carbocycles. The Kier molecular flexibility index (Phi) is 7.65. The summed E-state index contributed by atoms with van der Waals surface area (Å²) in [5, 5.41) is 0. The number of nitrogens with one attached hydrogen (secondary N) is 2. The molecule has 0 bridgehead atoms. The highest BCUT2D eigenvalue weighted by molar-refractivity contribution is 5.95. The SMILES string of the molecule is CCCCN1C(=O)CCC(C(=O)NNC(=O)c2ccccc2)C1c1ccccc1OC. The number of methoxy groups -OCH3 is 1. The average molecular weight is 424 g/mol. The van der Waals surface area contributed by atoms with E-state index >= 15 is 0 Å². The molecule has 3 rings (SSSR count). The molecule has 0 radical (unpaired) electrons. The van der Waals surface area contributed by atoms with Crippen LogP contribution in [0.25, 0.3) is 0 Å². The molecule has 2 aromatic rings. The first kappa shape index (κ1) is 22.3. The van der Waals surface area contributed by atoms with Crippen LogP contribution in [0.1, 0.15) is 54.6 Å². The van der Waals surface area contributed by atoms with E-state index in [1.807, 2.05) is 30.3 Å². The van der Waals surface area contributed by atoms with Crippen molar-refractivity contribution >= 4 is 17.7 Å². The Balaban J connectivity index is 1.84. The van der Waals surface area contributed by atoms with Crippen LogP contribution in [0.4, 0.5) is 0 Å². The molecule has 31 heavy (non-hydrogen) atoms. The normalized spacial score (nSPS) is 18.4. The number of nitrogens with zero attached hydrogens (tertiary/aromatic N) is 1. The lowest BCUT2D eigenvalue weighted by atomic mass is 9.83. The minimum atomic E-state index is -0.512. The summed E-state index contributed by atoms with van der Waals surface area (Å²) >= 11 is 0. The smallest absolute Gasteiger partial charge is 0.269 e. The van der Waals surface area contributed by atoms with Gasteiger partial charge in [0.1, 0.15) is 5.75 Å². The second kappa shape index (κ2) is 10.6. The Morgan fingerprint density at radius 2 is 1.77 bits per heavy atom. The van der Waals surface area contributed by atoms with Crippen LogP contribution in [0.2, 0.25) is 0 Å². The summed E-state index contributed by atoms with van der Waals surface area (Å²) < 4.78 is 5.53. The van der Waals surface area contributed by atoms with Crippen LogP contribution in [0, 0.1) is 5.92 Å². The van der Waals surface area contributed by atoms with Gasteiger partial charge < -0.3 is 9.64 Å². The summed E-state index contributed by atoms with van der Waals surface area (Å²) in [6, 6.07) is 15.7. The van der Waals surface area contributed by atoms with E-state index in [9.17, 15) is 14.4 Å². The number of likely N-dealkylation sites (tertiary alicyclic amines) is 1. The molecule has 0 saturated carbocycles. The Hall–Kier alpha value is -3.35.